The van der Waals surface area contributed by atoms with E-state index in [1.165, 1.54) is 5.56 Å². The van der Waals surface area contributed by atoms with E-state index in [0.717, 1.165) is 12.1 Å². The summed E-state index contributed by atoms with van der Waals surface area (Å²) in [7, 11) is 0. The van der Waals surface area contributed by atoms with Gasteiger partial charge in [0.05, 0.1) is 6.17 Å². The molecule has 0 aliphatic carbocycles. The van der Waals surface area contributed by atoms with E-state index < -0.39 is 0 Å². The Hall–Kier alpha value is -1.80. The van der Waals surface area contributed by atoms with E-state index >= 15 is 0 Å². The minimum absolute atomic E-state index is 0.0511. The fourth-order valence-corrected chi connectivity index (χ4v) is 1.67. The Morgan fingerprint density at radius 2 is 1.44 bits per heavy atom. The first-order chi connectivity index (χ1) is 7.84. The van der Waals surface area contributed by atoms with Crippen LogP contribution in [0.15, 0.2) is 60.7 Å². The number of nitrogens with two attached hydrogens (primary N) is 1. The number of para-hydroxylation sites is 1. The monoisotopic (exact) mass is 212 g/mol. The van der Waals surface area contributed by atoms with E-state index in [9.17, 15) is 0 Å². The van der Waals surface area contributed by atoms with Crippen molar-refractivity contribution in [3.8, 4) is 0 Å². The molecule has 0 bridgehead atoms. The lowest BCUT2D eigenvalue weighted by Gasteiger charge is -2.15. The third-order valence-corrected chi connectivity index (χ3v) is 2.42. The molecule has 16 heavy (non-hydrogen) atoms. The number of nitrogens with one attached hydrogen (secondary N) is 1. The molecule has 1 atom stereocenters. The van der Waals surface area contributed by atoms with Crippen molar-refractivity contribution >= 4 is 5.69 Å². The fraction of sp³-hybridized carbons (Fsp3) is 0.143. The van der Waals surface area contributed by atoms with Gasteiger partial charge in [0.15, 0.2) is 0 Å². The van der Waals surface area contributed by atoms with Crippen molar-refractivity contribution in [3.05, 3.63) is 66.2 Å². The maximum absolute atomic E-state index is 6.03. The van der Waals surface area contributed by atoms with Crippen LogP contribution in [-0.4, -0.2) is 6.17 Å². The van der Waals surface area contributed by atoms with E-state index in [1.54, 1.807) is 0 Å². The van der Waals surface area contributed by atoms with Crippen LogP contribution < -0.4 is 11.1 Å². The molecule has 2 aromatic carbocycles. The molecule has 2 aromatic rings. The van der Waals surface area contributed by atoms with Crippen LogP contribution >= 0.6 is 0 Å². The topological polar surface area (TPSA) is 38.0 Å². The van der Waals surface area contributed by atoms with Crippen molar-refractivity contribution in [1.29, 1.82) is 0 Å². The van der Waals surface area contributed by atoms with Crippen LogP contribution in [0.4, 0.5) is 5.69 Å². The molecule has 1 unspecified atom stereocenters. The lowest BCUT2D eigenvalue weighted by atomic mass is 10.1. The molecule has 0 aromatic heterocycles. The Labute approximate surface area is 96.1 Å². The molecule has 0 saturated heterocycles. The highest BCUT2D eigenvalue weighted by molar-refractivity contribution is 5.43. The van der Waals surface area contributed by atoms with E-state index in [2.05, 4.69) is 17.4 Å². The molecule has 2 nitrogen and oxygen atoms in total. The zero-order valence-electron chi connectivity index (χ0n) is 9.14. The van der Waals surface area contributed by atoms with Gasteiger partial charge in [-0.2, -0.15) is 0 Å². The average Bonchev–Trinajstić information content (AvgIpc) is 2.31. The number of hydrogen-bond donors (Lipinski definition) is 2. The standard InChI is InChI=1S/C14H16N2/c15-14(11-12-7-3-1-4-8-12)16-13-9-5-2-6-10-13/h1-10,14,16H,11,15H2. The molecular weight excluding hydrogens is 196 g/mol. The quantitative estimate of drug-likeness (QED) is 0.764. The Kier molecular flexibility index (Phi) is 3.57. The van der Waals surface area contributed by atoms with Gasteiger partial charge in [-0.25, -0.2) is 0 Å². The summed E-state index contributed by atoms with van der Waals surface area (Å²) >= 11 is 0. The summed E-state index contributed by atoms with van der Waals surface area (Å²) in [6, 6.07) is 20.3. The van der Waals surface area contributed by atoms with Crippen molar-refractivity contribution in [1.82, 2.24) is 0 Å². The lowest BCUT2D eigenvalue weighted by Crippen LogP contribution is -2.31. The fourth-order valence-electron chi connectivity index (χ4n) is 1.67. The highest BCUT2D eigenvalue weighted by atomic mass is 15.0. The van der Waals surface area contributed by atoms with Crippen LogP contribution in [0.3, 0.4) is 0 Å². The van der Waals surface area contributed by atoms with Gasteiger partial charge in [-0.1, -0.05) is 48.5 Å². The van der Waals surface area contributed by atoms with Gasteiger partial charge < -0.3 is 11.1 Å². The SMILES string of the molecule is NC(Cc1ccccc1)Nc1ccccc1. The van der Waals surface area contributed by atoms with Gasteiger partial charge in [0, 0.05) is 12.1 Å². The first-order valence-corrected chi connectivity index (χ1v) is 5.46. The highest BCUT2D eigenvalue weighted by Crippen LogP contribution is 2.08. The maximum atomic E-state index is 6.03. The van der Waals surface area contributed by atoms with Gasteiger partial charge >= 0.3 is 0 Å². The third kappa shape index (κ3) is 3.11. The second kappa shape index (κ2) is 5.33. The van der Waals surface area contributed by atoms with Crippen LogP contribution in [0.25, 0.3) is 0 Å². The Bertz CT molecular complexity index is 370. The molecule has 0 aliphatic heterocycles. The van der Waals surface area contributed by atoms with Crippen LogP contribution in [-0.2, 0) is 6.42 Å². The molecule has 0 amide bonds. The predicted molar refractivity (Wildman–Crippen MR) is 68.2 cm³/mol. The third-order valence-electron chi connectivity index (χ3n) is 2.42. The Morgan fingerprint density at radius 1 is 0.875 bits per heavy atom. The molecule has 82 valence electrons. The van der Waals surface area contributed by atoms with Crippen molar-refractivity contribution in [2.24, 2.45) is 5.73 Å². The van der Waals surface area contributed by atoms with Gasteiger partial charge in [0.1, 0.15) is 0 Å². The summed E-state index contributed by atoms with van der Waals surface area (Å²) < 4.78 is 0. The Balaban J connectivity index is 1.92. The number of benzene rings is 2. The summed E-state index contributed by atoms with van der Waals surface area (Å²) in [5, 5.41) is 3.27. The molecule has 0 heterocycles. The molecule has 3 N–H and O–H groups in total. The second-order valence-corrected chi connectivity index (χ2v) is 3.81. The number of hydrogen-bond acceptors (Lipinski definition) is 2. The van der Waals surface area contributed by atoms with Crippen LogP contribution in [0.1, 0.15) is 5.56 Å². The zero-order valence-corrected chi connectivity index (χ0v) is 9.14. The van der Waals surface area contributed by atoms with Crippen molar-refractivity contribution in [3.63, 3.8) is 0 Å². The predicted octanol–water partition coefficient (Wildman–Crippen LogP) is 2.63. The largest absolute Gasteiger partial charge is 0.370 e. The highest BCUT2D eigenvalue weighted by Gasteiger charge is 2.02. The maximum Gasteiger partial charge on any atom is 0.0784 e. The smallest absolute Gasteiger partial charge is 0.0784 e. The summed E-state index contributed by atoms with van der Waals surface area (Å²) in [6.07, 6.45) is 0.778. The van der Waals surface area contributed by atoms with E-state index in [0.29, 0.717) is 0 Å². The van der Waals surface area contributed by atoms with Gasteiger partial charge in [-0.05, 0) is 17.7 Å². The summed E-state index contributed by atoms with van der Waals surface area (Å²) in [5.41, 5.74) is 8.34. The minimum atomic E-state index is -0.0511. The first-order valence-electron chi connectivity index (χ1n) is 5.46. The van der Waals surface area contributed by atoms with Crippen molar-refractivity contribution < 1.29 is 0 Å². The van der Waals surface area contributed by atoms with Crippen molar-refractivity contribution in [2.45, 2.75) is 12.6 Å². The zero-order chi connectivity index (χ0) is 11.2. The van der Waals surface area contributed by atoms with Gasteiger partial charge in [-0.3, -0.25) is 0 Å². The molecule has 0 radical (unpaired) electrons. The molecule has 0 fully saturated rings. The van der Waals surface area contributed by atoms with Gasteiger partial charge in [-0.15, -0.1) is 0 Å². The molecular formula is C14H16N2. The van der Waals surface area contributed by atoms with E-state index in [4.69, 9.17) is 5.73 Å². The molecule has 0 saturated carbocycles. The molecule has 0 spiro atoms. The number of rotatable bonds is 4. The van der Waals surface area contributed by atoms with Crippen molar-refractivity contribution in [2.75, 3.05) is 5.32 Å². The average molecular weight is 212 g/mol. The van der Waals surface area contributed by atoms with Gasteiger partial charge in [0.25, 0.3) is 0 Å². The van der Waals surface area contributed by atoms with Crippen LogP contribution in [0.5, 0.6) is 0 Å². The normalized spacial score (nSPS) is 12.1. The number of anilines is 1. The molecule has 0 aliphatic rings. The summed E-state index contributed by atoms with van der Waals surface area (Å²) in [4.78, 5) is 0. The van der Waals surface area contributed by atoms with Gasteiger partial charge in [0.2, 0.25) is 0 Å². The first kappa shape index (κ1) is 10.7. The van der Waals surface area contributed by atoms with E-state index in [1.807, 2.05) is 48.5 Å². The Morgan fingerprint density at radius 3 is 2.06 bits per heavy atom. The van der Waals surface area contributed by atoms with E-state index in [-0.39, 0.29) is 6.17 Å². The summed E-state index contributed by atoms with van der Waals surface area (Å²) in [5.74, 6) is 0. The molecule has 2 heteroatoms. The molecule has 2 rings (SSSR count). The van der Waals surface area contributed by atoms with Crippen LogP contribution in [0, 0.1) is 0 Å². The second-order valence-electron chi connectivity index (χ2n) is 3.81. The lowest BCUT2D eigenvalue weighted by molar-refractivity contribution is 0.754. The summed E-state index contributed by atoms with van der Waals surface area (Å²) in [6.45, 7) is 0. The van der Waals surface area contributed by atoms with Crippen LogP contribution in [0.2, 0.25) is 0 Å². The minimum Gasteiger partial charge on any atom is -0.370 e.